The van der Waals surface area contributed by atoms with Crippen molar-refractivity contribution in [3.63, 3.8) is 0 Å². The van der Waals surface area contributed by atoms with Crippen LogP contribution in [0.4, 0.5) is 0 Å². The van der Waals surface area contributed by atoms with Crippen molar-refractivity contribution in [1.29, 1.82) is 0 Å². The molecule has 2 unspecified atom stereocenters. The maximum Gasteiger partial charge on any atom is 0.0898 e. The Labute approximate surface area is 74.6 Å². The SMILES string of the molecule is CC(C)=COCCC1CC(C)O1. The molecule has 0 aliphatic carbocycles. The summed E-state index contributed by atoms with van der Waals surface area (Å²) in [7, 11) is 0. The van der Waals surface area contributed by atoms with Crippen molar-refractivity contribution in [1.82, 2.24) is 0 Å². The molecule has 0 aromatic rings. The first-order valence-corrected chi connectivity index (χ1v) is 4.59. The summed E-state index contributed by atoms with van der Waals surface area (Å²) in [5, 5.41) is 0. The fourth-order valence-corrected chi connectivity index (χ4v) is 1.30. The molecule has 0 amide bonds. The first kappa shape index (κ1) is 9.59. The van der Waals surface area contributed by atoms with Gasteiger partial charge >= 0.3 is 0 Å². The van der Waals surface area contributed by atoms with Gasteiger partial charge in [0.2, 0.25) is 0 Å². The van der Waals surface area contributed by atoms with Crippen molar-refractivity contribution in [2.24, 2.45) is 0 Å². The smallest absolute Gasteiger partial charge is 0.0898 e. The minimum atomic E-state index is 0.450. The van der Waals surface area contributed by atoms with Gasteiger partial charge in [0.05, 0.1) is 25.1 Å². The molecule has 1 saturated heterocycles. The van der Waals surface area contributed by atoms with Gasteiger partial charge in [-0.25, -0.2) is 0 Å². The van der Waals surface area contributed by atoms with Gasteiger partial charge in [-0.15, -0.1) is 0 Å². The second-order valence-electron chi connectivity index (χ2n) is 3.66. The number of hydrogen-bond donors (Lipinski definition) is 0. The van der Waals surface area contributed by atoms with Gasteiger partial charge in [0, 0.05) is 6.42 Å². The average Bonchev–Trinajstić information content (AvgIpc) is 1.93. The van der Waals surface area contributed by atoms with Gasteiger partial charge in [-0.05, 0) is 32.8 Å². The Morgan fingerprint density at radius 1 is 1.58 bits per heavy atom. The molecule has 0 N–H and O–H groups in total. The van der Waals surface area contributed by atoms with Crippen LogP contribution in [-0.4, -0.2) is 18.8 Å². The molecule has 1 rings (SSSR count). The lowest BCUT2D eigenvalue weighted by Gasteiger charge is -2.33. The lowest BCUT2D eigenvalue weighted by molar-refractivity contribution is -0.121. The summed E-state index contributed by atoms with van der Waals surface area (Å²) in [4.78, 5) is 0. The van der Waals surface area contributed by atoms with Crippen LogP contribution in [0.25, 0.3) is 0 Å². The van der Waals surface area contributed by atoms with Crippen LogP contribution >= 0.6 is 0 Å². The maximum absolute atomic E-state index is 5.45. The molecule has 0 radical (unpaired) electrons. The van der Waals surface area contributed by atoms with E-state index in [2.05, 4.69) is 6.92 Å². The number of allylic oxidation sites excluding steroid dienone is 1. The van der Waals surface area contributed by atoms with E-state index in [9.17, 15) is 0 Å². The largest absolute Gasteiger partial charge is 0.501 e. The molecule has 1 fully saturated rings. The standard InChI is InChI=1S/C10H18O2/c1-8(2)7-11-5-4-10-6-9(3)12-10/h7,9-10H,4-6H2,1-3H3. The molecule has 2 atom stereocenters. The fraction of sp³-hybridized carbons (Fsp3) is 0.800. The van der Waals surface area contributed by atoms with Gasteiger partial charge in [-0.3, -0.25) is 0 Å². The number of hydrogen-bond acceptors (Lipinski definition) is 2. The minimum Gasteiger partial charge on any atom is -0.501 e. The van der Waals surface area contributed by atoms with Gasteiger partial charge in [0.1, 0.15) is 0 Å². The Hall–Kier alpha value is -0.500. The summed E-state index contributed by atoms with van der Waals surface area (Å²) >= 11 is 0. The van der Waals surface area contributed by atoms with E-state index >= 15 is 0 Å². The predicted octanol–water partition coefficient (Wildman–Crippen LogP) is 2.49. The predicted molar refractivity (Wildman–Crippen MR) is 49.0 cm³/mol. The second kappa shape index (κ2) is 4.51. The van der Waals surface area contributed by atoms with E-state index in [1.165, 1.54) is 12.0 Å². The normalized spacial score (nSPS) is 27.6. The summed E-state index contributed by atoms with van der Waals surface area (Å²) in [5.74, 6) is 0. The van der Waals surface area contributed by atoms with Crippen molar-refractivity contribution in [2.45, 2.75) is 45.8 Å². The Morgan fingerprint density at radius 3 is 2.75 bits per heavy atom. The molecule has 12 heavy (non-hydrogen) atoms. The van der Waals surface area contributed by atoms with Gasteiger partial charge in [0.25, 0.3) is 0 Å². The van der Waals surface area contributed by atoms with Crippen molar-refractivity contribution >= 4 is 0 Å². The van der Waals surface area contributed by atoms with E-state index in [4.69, 9.17) is 9.47 Å². The Balaban J connectivity index is 1.93. The average molecular weight is 170 g/mol. The van der Waals surface area contributed by atoms with Crippen LogP contribution in [0.15, 0.2) is 11.8 Å². The Bertz CT molecular complexity index is 153. The van der Waals surface area contributed by atoms with E-state index < -0.39 is 0 Å². The second-order valence-corrected chi connectivity index (χ2v) is 3.66. The molecule has 2 nitrogen and oxygen atoms in total. The van der Waals surface area contributed by atoms with Crippen LogP contribution in [0.5, 0.6) is 0 Å². The molecule has 70 valence electrons. The zero-order valence-corrected chi connectivity index (χ0v) is 8.17. The van der Waals surface area contributed by atoms with Gasteiger partial charge < -0.3 is 9.47 Å². The third kappa shape index (κ3) is 3.26. The summed E-state index contributed by atoms with van der Waals surface area (Å²) in [6.07, 6.45) is 4.94. The Kier molecular flexibility index (Phi) is 3.60. The molecule has 0 saturated carbocycles. The van der Waals surface area contributed by atoms with Gasteiger partial charge in [0.15, 0.2) is 0 Å². The summed E-state index contributed by atoms with van der Waals surface area (Å²) in [6, 6.07) is 0. The van der Waals surface area contributed by atoms with Crippen LogP contribution < -0.4 is 0 Å². The number of rotatable bonds is 4. The highest BCUT2D eigenvalue weighted by atomic mass is 16.5. The van der Waals surface area contributed by atoms with Crippen LogP contribution in [0.3, 0.4) is 0 Å². The molecule has 0 aromatic carbocycles. The molecular formula is C10H18O2. The first-order chi connectivity index (χ1) is 5.68. The van der Waals surface area contributed by atoms with E-state index in [0.29, 0.717) is 12.2 Å². The van der Waals surface area contributed by atoms with E-state index in [1.807, 2.05) is 20.1 Å². The van der Waals surface area contributed by atoms with Crippen LogP contribution in [-0.2, 0) is 9.47 Å². The quantitative estimate of drug-likeness (QED) is 0.476. The zero-order valence-electron chi connectivity index (χ0n) is 8.17. The molecule has 1 aliphatic heterocycles. The topological polar surface area (TPSA) is 18.5 Å². The van der Waals surface area contributed by atoms with Crippen molar-refractivity contribution in [3.05, 3.63) is 11.8 Å². The summed E-state index contributed by atoms with van der Waals surface area (Å²) in [6.45, 7) is 6.94. The van der Waals surface area contributed by atoms with Crippen molar-refractivity contribution in [2.75, 3.05) is 6.61 Å². The first-order valence-electron chi connectivity index (χ1n) is 4.59. The highest BCUT2D eigenvalue weighted by molar-refractivity contribution is 4.86. The number of ether oxygens (including phenoxy) is 2. The third-order valence-corrected chi connectivity index (χ3v) is 1.90. The highest BCUT2D eigenvalue weighted by Crippen LogP contribution is 2.22. The lowest BCUT2D eigenvalue weighted by atomic mass is 10.0. The highest BCUT2D eigenvalue weighted by Gasteiger charge is 2.25. The maximum atomic E-state index is 5.45. The molecule has 0 bridgehead atoms. The third-order valence-electron chi connectivity index (χ3n) is 1.90. The van der Waals surface area contributed by atoms with Crippen LogP contribution in [0.1, 0.15) is 33.6 Å². The van der Waals surface area contributed by atoms with E-state index in [1.54, 1.807) is 0 Å². The van der Waals surface area contributed by atoms with Crippen LogP contribution in [0, 0.1) is 0 Å². The summed E-state index contributed by atoms with van der Waals surface area (Å²) < 4.78 is 10.7. The van der Waals surface area contributed by atoms with Gasteiger partial charge in [-0.1, -0.05) is 0 Å². The van der Waals surface area contributed by atoms with E-state index in [-0.39, 0.29) is 0 Å². The fourth-order valence-electron chi connectivity index (χ4n) is 1.30. The van der Waals surface area contributed by atoms with Crippen LogP contribution in [0.2, 0.25) is 0 Å². The molecule has 0 spiro atoms. The molecule has 0 aromatic heterocycles. The van der Waals surface area contributed by atoms with E-state index in [0.717, 1.165) is 13.0 Å². The zero-order chi connectivity index (χ0) is 8.97. The van der Waals surface area contributed by atoms with Crippen molar-refractivity contribution in [3.8, 4) is 0 Å². The molecular weight excluding hydrogens is 152 g/mol. The summed E-state index contributed by atoms with van der Waals surface area (Å²) in [5.41, 5.74) is 1.21. The minimum absolute atomic E-state index is 0.450. The molecule has 2 heteroatoms. The monoisotopic (exact) mass is 170 g/mol. The lowest BCUT2D eigenvalue weighted by Crippen LogP contribution is -2.35. The van der Waals surface area contributed by atoms with Gasteiger partial charge in [-0.2, -0.15) is 0 Å². The van der Waals surface area contributed by atoms with Crippen molar-refractivity contribution < 1.29 is 9.47 Å². The Morgan fingerprint density at radius 2 is 2.25 bits per heavy atom. The molecule has 1 aliphatic rings. The molecule has 1 heterocycles.